The third-order valence-electron chi connectivity index (χ3n) is 13.7. The van der Waals surface area contributed by atoms with Crippen LogP contribution >= 0.6 is 0 Å². The molecule has 1 radical (unpaired) electrons. The molecule has 1 aliphatic carbocycles. The lowest BCUT2D eigenvalue weighted by Gasteiger charge is -2.47. The fourth-order valence-electron chi connectivity index (χ4n) is 10.4. The molecule has 319 valence electrons. The number of carbonyl (C=O) groups is 1. The summed E-state index contributed by atoms with van der Waals surface area (Å²) in [5, 5.41) is 2.38. The van der Waals surface area contributed by atoms with Gasteiger partial charge in [-0.05, 0) is 104 Å². The molecule has 9 rings (SSSR count). The number of anilines is 5. The average molecular weight is 829 g/mol. The largest absolute Gasteiger partial charge is 0.340 e. The van der Waals surface area contributed by atoms with Crippen LogP contribution in [-0.4, -0.2) is 12.5 Å². The van der Waals surface area contributed by atoms with Crippen LogP contribution in [0.25, 0.3) is 21.9 Å². The topological polar surface area (TPSA) is 26.8 Å². The van der Waals surface area contributed by atoms with Gasteiger partial charge in [0.05, 0.1) is 11.4 Å². The van der Waals surface area contributed by atoms with Crippen LogP contribution in [0.3, 0.4) is 0 Å². The summed E-state index contributed by atoms with van der Waals surface area (Å²) in [6.45, 7) is 23.4. The first-order valence-corrected chi connectivity index (χ1v) is 23.1. The molecule has 0 spiro atoms. The van der Waals surface area contributed by atoms with E-state index in [-0.39, 0.29) is 23.2 Å². The second-order valence-corrected chi connectivity index (χ2v) is 19.4. The van der Waals surface area contributed by atoms with Gasteiger partial charge in [-0.2, -0.15) is 0 Å². The van der Waals surface area contributed by atoms with Gasteiger partial charge in [0.25, 0.3) is 0 Å². The van der Waals surface area contributed by atoms with Gasteiger partial charge in [-0.1, -0.05) is 184 Å². The number of nitrogens with zero attached hydrogens (tertiary/aromatic N) is 3. The molecule has 7 aromatic carbocycles. The Balaban J connectivity index is 1.26. The number of hydrogen-bond acceptors (Lipinski definition) is 3. The lowest BCUT2D eigenvalue weighted by molar-refractivity contribution is -0.118. The first kappa shape index (κ1) is 42.2. The molecule has 1 amide bonds. The van der Waals surface area contributed by atoms with Crippen molar-refractivity contribution in [3.05, 3.63) is 191 Å². The molecular weight excluding hydrogens is 767 g/mol. The zero-order valence-corrected chi connectivity index (χ0v) is 38.8. The molecular formula is C59H62N3O. The highest BCUT2D eigenvalue weighted by atomic mass is 16.2. The normalized spacial score (nSPS) is 15.0. The summed E-state index contributed by atoms with van der Waals surface area (Å²) in [5.41, 5.74) is 16.7. The summed E-state index contributed by atoms with van der Waals surface area (Å²) in [6, 6.07) is 53.6. The van der Waals surface area contributed by atoms with Crippen molar-refractivity contribution in [2.24, 2.45) is 0 Å². The van der Waals surface area contributed by atoms with Crippen molar-refractivity contribution in [1.82, 2.24) is 0 Å². The van der Waals surface area contributed by atoms with Gasteiger partial charge in [0.15, 0.2) is 6.17 Å². The Morgan fingerprint density at radius 1 is 0.524 bits per heavy atom. The number of benzene rings is 7. The second-order valence-electron chi connectivity index (χ2n) is 19.4. The molecule has 1 aliphatic heterocycles. The molecule has 0 aromatic heterocycles. The van der Waals surface area contributed by atoms with Gasteiger partial charge in [0.2, 0.25) is 5.91 Å². The van der Waals surface area contributed by atoms with Gasteiger partial charge < -0.3 is 9.80 Å². The first-order chi connectivity index (χ1) is 30.3. The van der Waals surface area contributed by atoms with Gasteiger partial charge in [0.1, 0.15) is 0 Å². The molecule has 1 heterocycles. The van der Waals surface area contributed by atoms with Crippen molar-refractivity contribution in [2.75, 3.05) is 21.2 Å². The van der Waals surface area contributed by atoms with Crippen molar-refractivity contribution in [3.8, 4) is 11.1 Å². The number of para-hydroxylation sites is 2. The number of fused-ring (bicyclic) bond motifs is 4. The van der Waals surface area contributed by atoms with Crippen molar-refractivity contribution in [2.45, 2.75) is 105 Å². The van der Waals surface area contributed by atoms with Crippen molar-refractivity contribution >= 4 is 45.1 Å². The lowest BCUT2D eigenvalue weighted by Crippen LogP contribution is -2.53. The molecule has 4 nitrogen and oxygen atoms in total. The van der Waals surface area contributed by atoms with Crippen LogP contribution in [-0.2, 0) is 10.2 Å². The van der Waals surface area contributed by atoms with Crippen molar-refractivity contribution < 1.29 is 4.79 Å². The van der Waals surface area contributed by atoms with Crippen molar-refractivity contribution in [3.63, 3.8) is 0 Å². The molecule has 1 saturated heterocycles. The first-order valence-electron chi connectivity index (χ1n) is 23.1. The molecule has 2 aliphatic rings. The molecule has 0 unspecified atom stereocenters. The summed E-state index contributed by atoms with van der Waals surface area (Å²) in [5.74, 6) is 1.16. The number of hydrogen-bond donors (Lipinski definition) is 0. The van der Waals surface area contributed by atoms with E-state index in [9.17, 15) is 4.79 Å². The Morgan fingerprint density at radius 3 is 1.68 bits per heavy atom. The minimum Gasteiger partial charge on any atom is -0.340 e. The maximum absolute atomic E-state index is 14.9. The fourth-order valence-corrected chi connectivity index (χ4v) is 10.4. The van der Waals surface area contributed by atoms with E-state index in [0.717, 1.165) is 34.5 Å². The molecule has 63 heavy (non-hydrogen) atoms. The highest BCUT2D eigenvalue weighted by Crippen LogP contribution is 2.52. The number of amides is 1. The molecule has 1 fully saturated rings. The zero-order valence-electron chi connectivity index (χ0n) is 38.8. The smallest absolute Gasteiger partial charge is 0.231 e. The predicted molar refractivity (Wildman–Crippen MR) is 267 cm³/mol. The van der Waals surface area contributed by atoms with Crippen LogP contribution in [0.2, 0.25) is 0 Å². The maximum atomic E-state index is 14.9. The van der Waals surface area contributed by atoms with E-state index in [1.54, 1.807) is 0 Å². The molecule has 4 heteroatoms. The molecule has 0 bridgehead atoms. The van der Waals surface area contributed by atoms with E-state index in [0.29, 0.717) is 24.8 Å². The summed E-state index contributed by atoms with van der Waals surface area (Å²) in [7, 11) is 0. The van der Waals surface area contributed by atoms with Crippen LogP contribution in [0.5, 0.6) is 0 Å². The summed E-state index contributed by atoms with van der Waals surface area (Å²) >= 11 is 0. The Hall–Kier alpha value is -6.13. The second kappa shape index (κ2) is 16.5. The van der Waals surface area contributed by atoms with Crippen LogP contribution in [0.4, 0.5) is 28.4 Å². The average Bonchev–Trinajstić information content (AvgIpc) is 3.51. The van der Waals surface area contributed by atoms with Crippen LogP contribution < -0.4 is 14.7 Å². The Labute approximate surface area is 376 Å². The summed E-state index contributed by atoms with van der Waals surface area (Å²) < 4.78 is 0. The van der Waals surface area contributed by atoms with Gasteiger partial charge in [-0.3, -0.25) is 9.69 Å². The van der Waals surface area contributed by atoms with Crippen LogP contribution in [0.1, 0.15) is 138 Å². The van der Waals surface area contributed by atoms with E-state index in [2.05, 4.69) is 230 Å². The quantitative estimate of drug-likeness (QED) is 0.137. The highest BCUT2D eigenvalue weighted by molar-refractivity contribution is 6.02. The zero-order chi connectivity index (χ0) is 44.3. The highest BCUT2D eigenvalue weighted by Gasteiger charge is 2.42. The van der Waals surface area contributed by atoms with Gasteiger partial charge in [0, 0.05) is 46.4 Å². The van der Waals surface area contributed by atoms with Crippen LogP contribution in [0.15, 0.2) is 146 Å². The fraction of sp³-hybridized carbons (Fsp3) is 0.288. The molecule has 7 aromatic rings. The van der Waals surface area contributed by atoms with E-state index in [1.807, 2.05) is 0 Å². The van der Waals surface area contributed by atoms with Gasteiger partial charge >= 0.3 is 0 Å². The lowest BCUT2D eigenvalue weighted by atomic mass is 9.82. The van der Waals surface area contributed by atoms with E-state index >= 15 is 0 Å². The predicted octanol–water partition coefficient (Wildman–Crippen LogP) is 15.9. The van der Waals surface area contributed by atoms with Gasteiger partial charge in [-0.15, -0.1) is 0 Å². The van der Waals surface area contributed by atoms with Crippen molar-refractivity contribution in [1.29, 1.82) is 0 Å². The van der Waals surface area contributed by atoms with Gasteiger partial charge in [-0.25, -0.2) is 0 Å². The van der Waals surface area contributed by atoms with E-state index in [1.165, 1.54) is 61.0 Å². The minimum atomic E-state index is -0.0873. The standard InChI is InChI=1S/C59H62N3O/c1-37(2)45-22-16-23-46(38(3)4)56(45)60-35-34-55(63)62(57-47(39(5)6)24-17-25-48(57)40(7)8)58(60)42-28-30-43(31-29-42)61(54-27-15-19-41-18-11-12-20-49(41)54)44-32-33-53-51(36-44)50-21-13-14-26-52(50)59(53,9)10/h11-33,36-40H,34-35H2,1-10H3. The number of rotatable bonds is 10. The molecule has 0 atom stereocenters. The Kier molecular flexibility index (Phi) is 11.1. The Bertz CT molecular complexity index is 2770. The molecule has 0 N–H and O–H groups in total. The SMILES string of the molecule is CC(C)c1cccc(C(C)C)c1N1CCC(=O)N(c2c(C(C)C)cccc2C(C)C)[C]1c1ccc(N(c2ccc3c(c2)-c2ccccc2C3(C)C)c2cccc3ccccc23)cc1. The minimum absolute atomic E-state index is 0.0873. The van der Waals surface area contributed by atoms with E-state index in [4.69, 9.17) is 0 Å². The van der Waals surface area contributed by atoms with E-state index < -0.39 is 0 Å². The number of carbonyl (C=O) groups excluding carboxylic acids is 1. The third kappa shape index (κ3) is 7.22. The Morgan fingerprint density at radius 2 is 1.05 bits per heavy atom. The van der Waals surface area contributed by atoms with Crippen LogP contribution in [0, 0.1) is 6.17 Å². The molecule has 0 saturated carbocycles. The maximum Gasteiger partial charge on any atom is 0.231 e. The summed E-state index contributed by atoms with van der Waals surface area (Å²) in [6.07, 6.45) is 1.35. The third-order valence-corrected chi connectivity index (χ3v) is 13.7. The monoisotopic (exact) mass is 828 g/mol. The summed E-state index contributed by atoms with van der Waals surface area (Å²) in [4.78, 5) is 21.9.